The van der Waals surface area contributed by atoms with Crippen molar-refractivity contribution in [2.75, 3.05) is 13.1 Å². The van der Waals surface area contributed by atoms with E-state index in [0.717, 1.165) is 25.2 Å². The Morgan fingerprint density at radius 2 is 2.06 bits per heavy atom. The second-order valence-corrected chi connectivity index (χ2v) is 6.65. The summed E-state index contributed by atoms with van der Waals surface area (Å²) in [5.41, 5.74) is 2.00. The third-order valence-electron chi connectivity index (χ3n) is 2.96. The van der Waals surface area contributed by atoms with Gasteiger partial charge >= 0.3 is 0 Å². The fraction of sp³-hybridized carbons (Fsp3) is 0.500. The molecule has 0 bridgehead atoms. The van der Waals surface area contributed by atoms with Gasteiger partial charge in [-0.05, 0) is 17.7 Å². The molecule has 1 heterocycles. The molecule has 1 aromatic rings. The molecule has 0 amide bonds. The maximum absolute atomic E-state index is 8.89. The molecule has 1 aromatic carbocycles. The summed E-state index contributed by atoms with van der Waals surface area (Å²) in [5.74, 6) is 0. The third-order valence-corrected chi connectivity index (χ3v) is 4.18. The first-order chi connectivity index (χ1) is 8.17. The van der Waals surface area contributed by atoms with Gasteiger partial charge in [-0.25, -0.2) is 0 Å². The first-order valence-corrected chi connectivity index (χ1v) is 6.98. The molecule has 0 aromatic heterocycles. The predicted molar refractivity (Wildman–Crippen MR) is 72.9 cm³/mol. The van der Waals surface area contributed by atoms with Gasteiger partial charge < -0.3 is 0 Å². The molecule has 2 atom stereocenters. The molecule has 17 heavy (non-hydrogen) atoms. The summed E-state index contributed by atoms with van der Waals surface area (Å²) in [6.07, 6.45) is 0. The van der Waals surface area contributed by atoms with Gasteiger partial charge in [0.1, 0.15) is 0 Å². The van der Waals surface area contributed by atoms with Gasteiger partial charge in [0.2, 0.25) is 0 Å². The smallest absolute Gasteiger partial charge is 0.0991 e. The van der Waals surface area contributed by atoms with Crippen molar-refractivity contribution in [1.82, 2.24) is 4.90 Å². The van der Waals surface area contributed by atoms with Crippen molar-refractivity contribution in [3.05, 3.63) is 35.4 Å². The van der Waals surface area contributed by atoms with Crippen molar-refractivity contribution in [2.24, 2.45) is 0 Å². The van der Waals surface area contributed by atoms with Crippen molar-refractivity contribution in [1.29, 1.82) is 5.26 Å². The molecular weight excluding hydrogens is 228 g/mol. The number of thioether (sulfide) groups is 1. The number of hydrogen-bond donors (Lipinski definition) is 0. The van der Waals surface area contributed by atoms with E-state index < -0.39 is 0 Å². The average molecular weight is 246 g/mol. The fourth-order valence-corrected chi connectivity index (χ4v) is 3.80. The molecule has 2 rings (SSSR count). The average Bonchev–Trinajstić information content (AvgIpc) is 2.28. The van der Waals surface area contributed by atoms with Crippen LogP contribution in [0, 0.1) is 11.3 Å². The molecule has 3 heteroatoms. The molecule has 90 valence electrons. The Morgan fingerprint density at radius 3 is 2.71 bits per heavy atom. The van der Waals surface area contributed by atoms with Crippen molar-refractivity contribution >= 4 is 11.8 Å². The Bertz CT molecular complexity index is 414. The van der Waals surface area contributed by atoms with E-state index >= 15 is 0 Å². The van der Waals surface area contributed by atoms with Crippen LogP contribution in [0.2, 0.25) is 0 Å². The van der Waals surface area contributed by atoms with Crippen LogP contribution >= 0.6 is 11.8 Å². The van der Waals surface area contributed by atoms with E-state index in [1.54, 1.807) is 0 Å². The van der Waals surface area contributed by atoms with E-state index in [0.29, 0.717) is 10.5 Å². The fourth-order valence-electron chi connectivity index (χ4n) is 2.41. The van der Waals surface area contributed by atoms with Crippen molar-refractivity contribution in [2.45, 2.75) is 30.9 Å². The SMILES string of the molecule is CC1CN(Cc2cccc(C#N)c2)CC(C)S1. The molecule has 1 aliphatic heterocycles. The highest BCUT2D eigenvalue weighted by atomic mass is 32.2. The number of benzene rings is 1. The molecule has 0 aliphatic carbocycles. The Kier molecular flexibility index (Phi) is 4.09. The van der Waals surface area contributed by atoms with Crippen LogP contribution in [0.5, 0.6) is 0 Å². The van der Waals surface area contributed by atoms with Gasteiger partial charge in [0.25, 0.3) is 0 Å². The molecule has 1 saturated heterocycles. The zero-order valence-electron chi connectivity index (χ0n) is 10.4. The quantitative estimate of drug-likeness (QED) is 0.803. The van der Waals surface area contributed by atoms with Crippen LogP contribution in [0.4, 0.5) is 0 Å². The summed E-state index contributed by atoms with van der Waals surface area (Å²) in [7, 11) is 0. The lowest BCUT2D eigenvalue weighted by molar-refractivity contribution is 0.263. The molecule has 0 spiro atoms. The summed E-state index contributed by atoms with van der Waals surface area (Å²) in [6.45, 7) is 7.83. The summed E-state index contributed by atoms with van der Waals surface area (Å²) >= 11 is 2.07. The van der Waals surface area contributed by atoms with Crippen LogP contribution in [-0.4, -0.2) is 28.5 Å². The molecule has 0 N–H and O–H groups in total. The van der Waals surface area contributed by atoms with E-state index in [1.165, 1.54) is 5.56 Å². The lowest BCUT2D eigenvalue weighted by Gasteiger charge is -2.34. The predicted octanol–water partition coefficient (Wildman–Crippen LogP) is 2.88. The van der Waals surface area contributed by atoms with Gasteiger partial charge in [-0.3, -0.25) is 4.90 Å². The van der Waals surface area contributed by atoms with Crippen molar-refractivity contribution in [3.63, 3.8) is 0 Å². The zero-order valence-corrected chi connectivity index (χ0v) is 11.2. The Hall–Kier alpha value is -0.980. The van der Waals surface area contributed by atoms with E-state index in [9.17, 15) is 0 Å². The van der Waals surface area contributed by atoms with Gasteiger partial charge in [0.05, 0.1) is 11.6 Å². The lowest BCUT2D eigenvalue weighted by Crippen LogP contribution is -2.39. The summed E-state index contributed by atoms with van der Waals surface area (Å²) in [6, 6.07) is 10.1. The van der Waals surface area contributed by atoms with Crippen LogP contribution < -0.4 is 0 Å². The van der Waals surface area contributed by atoms with E-state index in [-0.39, 0.29) is 0 Å². The van der Waals surface area contributed by atoms with Crippen molar-refractivity contribution < 1.29 is 0 Å². The highest BCUT2D eigenvalue weighted by Crippen LogP contribution is 2.25. The largest absolute Gasteiger partial charge is 0.297 e. The zero-order chi connectivity index (χ0) is 12.3. The third kappa shape index (κ3) is 3.49. The number of hydrogen-bond acceptors (Lipinski definition) is 3. The van der Waals surface area contributed by atoms with Gasteiger partial charge in [0.15, 0.2) is 0 Å². The topological polar surface area (TPSA) is 27.0 Å². The van der Waals surface area contributed by atoms with Crippen LogP contribution in [0.3, 0.4) is 0 Å². The second kappa shape index (κ2) is 5.57. The minimum atomic E-state index is 0.706. The van der Waals surface area contributed by atoms with Crippen molar-refractivity contribution in [3.8, 4) is 6.07 Å². The van der Waals surface area contributed by atoms with E-state index in [4.69, 9.17) is 5.26 Å². The maximum Gasteiger partial charge on any atom is 0.0991 e. The Balaban J connectivity index is 2.02. The van der Waals surface area contributed by atoms with Gasteiger partial charge in [-0.1, -0.05) is 26.0 Å². The monoisotopic (exact) mass is 246 g/mol. The Labute approximate surface area is 108 Å². The van der Waals surface area contributed by atoms with Crippen LogP contribution in [0.25, 0.3) is 0 Å². The molecule has 2 unspecified atom stereocenters. The number of nitrogens with zero attached hydrogens (tertiary/aromatic N) is 2. The molecule has 1 fully saturated rings. The standard InChI is InChI=1S/C14H18N2S/c1-11-8-16(9-12(2)17-11)10-14-5-3-4-13(6-14)7-15/h3-6,11-12H,8-10H2,1-2H3. The molecule has 0 radical (unpaired) electrons. The van der Waals surface area contributed by atoms with Gasteiger partial charge in [-0.2, -0.15) is 17.0 Å². The first kappa shape index (κ1) is 12.5. The summed E-state index contributed by atoms with van der Waals surface area (Å²) < 4.78 is 0. The molecule has 0 saturated carbocycles. The van der Waals surface area contributed by atoms with Crippen LogP contribution in [0.1, 0.15) is 25.0 Å². The van der Waals surface area contributed by atoms with E-state index in [1.807, 2.05) is 18.2 Å². The molecular formula is C14H18N2S. The number of rotatable bonds is 2. The maximum atomic E-state index is 8.89. The Morgan fingerprint density at radius 1 is 1.35 bits per heavy atom. The van der Waals surface area contributed by atoms with Gasteiger partial charge in [0, 0.05) is 30.1 Å². The molecule has 1 aliphatic rings. The van der Waals surface area contributed by atoms with E-state index in [2.05, 4.69) is 42.6 Å². The normalized spacial score (nSPS) is 25.5. The highest BCUT2D eigenvalue weighted by Gasteiger charge is 2.21. The first-order valence-electron chi connectivity index (χ1n) is 6.04. The van der Waals surface area contributed by atoms with Crippen LogP contribution in [-0.2, 0) is 6.54 Å². The van der Waals surface area contributed by atoms with Gasteiger partial charge in [-0.15, -0.1) is 0 Å². The summed E-state index contributed by atoms with van der Waals surface area (Å²) in [4.78, 5) is 2.49. The second-order valence-electron chi connectivity index (χ2n) is 4.76. The minimum Gasteiger partial charge on any atom is -0.297 e. The highest BCUT2D eigenvalue weighted by molar-refractivity contribution is 8.00. The van der Waals surface area contributed by atoms with Crippen LogP contribution in [0.15, 0.2) is 24.3 Å². The lowest BCUT2D eigenvalue weighted by atomic mass is 10.1. The number of nitriles is 1. The summed E-state index contributed by atoms with van der Waals surface area (Å²) in [5, 5.41) is 10.3. The minimum absolute atomic E-state index is 0.706. The molecule has 2 nitrogen and oxygen atoms in total.